The van der Waals surface area contributed by atoms with Crippen LogP contribution in [0.4, 0.5) is 0 Å². The van der Waals surface area contributed by atoms with Crippen LogP contribution in [0.3, 0.4) is 0 Å². The first-order valence-electron chi connectivity index (χ1n) is 5.27. The summed E-state index contributed by atoms with van der Waals surface area (Å²) in [6.45, 7) is 2.31. The fourth-order valence-corrected chi connectivity index (χ4v) is 1.59. The molecule has 0 fully saturated rings. The minimum absolute atomic E-state index is 0.117. The highest BCUT2D eigenvalue weighted by molar-refractivity contribution is 6.30. The van der Waals surface area contributed by atoms with Gasteiger partial charge in [-0.3, -0.25) is 0 Å². The average Bonchev–Trinajstić information content (AvgIpc) is 2.28. The van der Waals surface area contributed by atoms with Crippen molar-refractivity contribution < 1.29 is 4.74 Å². The van der Waals surface area contributed by atoms with Crippen LogP contribution >= 0.6 is 11.6 Å². The second-order valence-electron chi connectivity index (χ2n) is 3.62. The molecule has 0 amide bonds. The van der Waals surface area contributed by atoms with Crippen molar-refractivity contribution in [2.75, 3.05) is 6.61 Å². The molecule has 1 rings (SSSR count). The van der Waals surface area contributed by atoms with Crippen LogP contribution in [0.15, 0.2) is 18.2 Å². The van der Waals surface area contributed by atoms with E-state index >= 15 is 0 Å². The first-order valence-corrected chi connectivity index (χ1v) is 5.65. The van der Waals surface area contributed by atoms with Crippen molar-refractivity contribution in [1.82, 2.24) is 0 Å². The predicted octanol–water partition coefficient (Wildman–Crippen LogP) is 2.63. The Labute approximate surface area is 102 Å². The van der Waals surface area contributed by atoms with Crippen LogP contribution < -0.4 is 10.5 Å². The molecule has 2 N–H and O–H groups in total. The first-order chi connectivity index (χ1) is 7.67. The summed E-state index contributed by atoms with van der Waals surface area (Å²) in [6.07, 6.45) is 6.82. The van der Waals surface area contributed by atoms with Crippen molar-refractivity contribution in [2.24, 2.45) is 5.73 Å². The molecule has 1 aromatic rings. The van der Waals surface area contributed by atoms with Crippen molar-refractivity contribution in [2.45, 2.75) is 25.8 Å². The number of terminal acetylenes is 1. The molecule has 3 heteroatoms. The smallest absolute Gasteiger partial charge is 0.148 e. The Morgan fingerprint density at radius 2 is 2.31 bits per heavy atom. The van der Waals surface area contributed by atoms with Gasteiger partial charge in [0.15, 0.2) is 0 Å². The number of ether oxygens (including phenoxy) is 1. The maximum absolute atomic E-state index is 5.94. The number of benzene rings is 1. The minimum atomic E-state index is 0.117. The molecule has 16 heavy (non-hydrogen) atoms. The molecule has 0 aromatic heterocycles. The number of hydrogen-bond donors (Lipinski definition) is 1. The summed E-state index contributed by atoms with van der Waals surface area (Å²) in [5.41, 5.74) is 6.92. The predicted molar refractivity (Wildman–Crippen MR) is 67.8 cm³/mol. The number of rotatable bonds is 5. The zero-order valence-electron chi connectivity index (χ0n) is 9.37. The molecule has 1 aromatic carbocycles. The lowest BCUT2D eigenvalue weighted by atomic mass is 10.0. The van der Waals surface area contributed by atoms with Crippen LogP contribution in [0, 0.1) is 12.3 Å². The van der Waals surface area contributed by atoms with Gasteiger partial charge in [0, 0.05) is 11.1 Å². The lowest BCUT2D eigenvalue weighted by Gasteiger charge is -2.13. The third kappa shape index (κ3) is 3.77. The Kier molecular flexibility index (Phi) is 5.18. The molecule has 0 spiro atoms. The van der Waals surface area contributed by atoms with Gasteiger partial charge in [-0.05, 0) is 36.6 Å². The Bertz CT molecular complexity index is 384. The highest BCUT2D eigenvalue weighted by atomic mass is 35.5. The highest BCUT2D eigenvalue weighted by Crippen LogP contribution is 2.24. The molecule has 0 heterocycles. The van der Waals surface area contributed by atoms with Crippen LogP contribution in [0.25, 0.3) is 0 Å². The van der Waals surface area contributed by atoms with Crippen LogP contribution in [-0.2, 0) is 6.42 Å². The zero-order chi connectivity index (χ0) is 12.0. The van der Waals surface area contributed by atoms with Gasteiger partial charge in [-0.1, -0.05) is 24.4 Å². The molecule has 86 valence electrons. The topological polar surface area (TPSA) is 35.2 Å². The van der Waals surface area contributed by atoms with E-state index in [0.717, 1.165) is 24.2 Å². The van der Waals surface area contributed by atoms with E-state index in [-0.39, 0.29) is 12.6 Å². The van der Waals surface area contributed by atoms with Crippen LogP contribution in [0.5, 0.6) is 5.75 Å². The van der Waals surface area contributed by atoms with E-state index in [2.05, 4.69) is 12.8 Å². The van der Waals surface area contributed by atoms with Crippen LogP contribution in [0.1, 0.15) is 18.9 Å². The van der Waals surface area contributed by atoms with E-state index in [1.54, 1.807) is 6.07 Å². The number of halogens is 1. The lowest BCUT2D eigenvalue weighted by molar-refractivity contribution is 0.365. The van der Waals surface area contributed by atoms with Gasteiger partial charge in [0.25, 0.3) is 0 Å². The number of hydrogen-bond acceptors (Lipinski definition) is 2. The van der Waals surface area contributed by atoms with E-state index in [4.69, 9.17) is 28.5 Å². The van der Waals surface area contributed by atoms with Gasteiger partial charge in [0.1, 0.15) is 12.4 Å². The van der Waals surface area contributed by atoms with E-state index < -0.39 is 0 Å². The molecule has 0 aliphatic rings. The lowest BCUT2D eigenvalue weighted by Crippen LogP contribution is -2.21. The van der Waals surface area contributed by atoms with E-state index in [1.807, 2.05) is 12.1 Å². The normalized spacial score (nSPS) is 11.9. The molecular weight excluding hydrogens is 222 g/mol. The molecule has 0 aliphatic heterocycles. The van der Waals surface area contributed by atoms with Crippen LogP contribution in [-0.4, -0.2) is 12.6 Å². The summed E-state index contributed by atoms with van der Waals surface area (Å²) in [5.74, 6) is 3.21. The summed E-state index contributed by atoms with van der Waals surface area (Å²) in [7, 11) is 0. The van der Waals surface area contributed by atoms with Crippen molar-refractivity contribution in [3.05, 3.63) is 28.8 Å². The third-order valence-corrected chi connectivity index (χ3v) is 2.58. The maximum Gasteiger partial charge on any atom is 0.148 e. The van der Waals surface area contributed by atoms with Crippen molar-refractivity contribution >= 4 is 11.6 Å². The van der Waals surface area contributed by atoms with Gasteiger partial charge in [-0.2, -0.15) is 0 Å². The first kappa shape index (κ1) is 12.9. The fraction of sp³-hybridized carbons (Fsp3) is 0.385. The fourth-order valence-electron chi connectivity index (χ4n) is 1.39. The summed E-state index contributed by atoms with van der Waals surface area (Å²) in [4.78, 5) is 0. The van der Waals surface area contributed by atoms with E-state index in [1.165, 1.54) is 0 Å². The number of nitrogens with two attached hydrogens (primary N) is 1. The van der Waals surface area contributed by atoms with Gasteiger partial charge in [0.05, 0.1) is 0 Å². The zero-order valence-corrected chi connectivity index (χ0v) is 10.1. The van der Waals surface area contributed by atoms with Crippen molar-refractivity contribution in [1.29, 1.82) is 0 Å². The summed E-state index contributed by atoms with van der Waals surface area (Å²) in [6, 6.07) is 5.61. The maximum atomic E-state index is 5.94. The van der Waals surface area contributed by atoms with E-state index in [0.29, 0.717) is 5.02 Å². The van der Waals surface area contributed by atoms with Crippen LogP contribution in [0.2, 0.25) is 5.02 Å². The van der Waals surface area contributed by atoms with Gasteiger partial charge in [0.2, 0.25) is 0 Å². The van der Waals surface area contributed by atoms with Gasteiger partial charge >= 0.3 is 0 Å². The molecule has 1 unspecified atom stereocenters. The second kappa shape index (κ2) is 6.42. The standard InChI is InChI=1S/C13H16ClNO/c1-3-7-16-13-6-5-11(14)8-10(13)9-12(15)4-2/h1,5-6,8,12H,4,7,9,15H2,2H3. The molecule has 2 nitrogen and oxygen atoms in total. The monoisotopic (exact) mass is 237 g/mol. The summed E-state index contributed by atoms with van der Waals surface area (Å²) < 4.78 is 5.44. The Balaban J connectivity index is 2.85. The Morgan fingerprint density at radius 1 is 1.56 bits per heavy atom. The Hall–Kier alpha value is -1.17. The largest absolute Gasteiger partial charge is 0.481 e. The minimum Gasteiger partial charge on any atom is -0.481 e. The summed E-state index contributed by atoms with van der Waals surface area (Å²) in [5, 5.41) is 0.686. The van der Waals surface area contributed by atoms with Gasteiger partial charge < -0.3 is 10.5 Å². The van der Waals surface area contributed by atoms with Crippen molar-refractivity contribution in [3.63, 3.8) is 0 Å². The average molecular weight is 238 g/mol. The highest BCUT2D eigenvalue weighted by Gasteiger charge is 2.08. The second-order valence-corrected chi connectivity index (χ2v) is 4.05. The van der Waals surface area contributed by atoms with Gasteiger partial charge in [-0.15, -0.1) is 6.42 Å². The van der Waals surface area contributed by atoms with E-state index in [9.17, 15) is 0 Å². The molecule has 1 atom stereocenters. The molecule has 0 bridgehead atoms. The van der Waals surface area contributed by atoms with Crippen molar-refractivity contribution in [3.8, 4) is 18.1 Å². The van der Waals surface area contributed by atoms with Gasteiger partial charge in [-0.25, -0.2) is 0 Å². The molecular formula is C13H16ClNO. The summed E-state index contributed by atoms with van der Waals surface area (Å²) >= 11 is 5.94. The third-order valence-electron chi connectivity index (χ3n) is 2.34. The molecule has 0 saturated heterocycles. The molecule has 0 aliphatic carbocycles. The molecule has 0 saturated carbocycles. The molecule has 0 radical (unpaired) electrons. The SMILES string of the molecule is C#CCOc1ccc(Cl)cc1CC(N)CC. The quantitative estimate of drug-likeness (QED) is 0.800. The Morgan fingerprint density at radius 3 is 2.94 bits per heavy atom.